The summed E-state index contributed by atoms with van der Waals surface area (Å²) in [5.74, 6) is -0.183. The van der Waals surface area contributed by atoms with Crippen molar-refractivity contribution in [1.82, 2.24) is 15.1 Å². The topological polar surface area (TPSA) is 88.5 Å². The SMILES string of the molecule is Cc1c(C(=O)Nc2ccc(N3CCNC3=O)cc2)cnn1C1CCOCC1. The maximum Gasteiger partial charge on any atom is 0.321 e. The predicted molar refractivity (Wildman–Crippen MR) is 101 cm³/mol. The minimum absolute atomic E-state index is 0.0945. The molecule has 2 saturated heterocycles. The third-order valence-corrected chi connectivity index (χ3v) is 5.12. The molecule has 0 bridgehead atoms. The average molecular weight is 369 g/mol. The Balaban J connectivity index is 1.44. The van der Waals surface area contributed by atoms with Gasteiger partial charge < -0.3 is 15.4 Å². The highest BCUT2D eigenvalue weighted by Gasteiger charge is 2.23. The first kappa shape index (κ1) is 17.5. The summed E-state index contributed by atoms with van der Waals surface area (Å²) < 4.78 is 7.34. The van der Waals surface area contributed by atoms with Gasteiger partial charge in [-0.3, -0.25) is 14.4 Å². The molecule has 0 aliphatic carbocycles. The van der Waals surface area contributed by atoms with Crippen molar-refractivity contribution in [2.45, 2.75) is 25.8 Å². The molecule has 1 aromatic heterocycles. The van der Waals surface area contributed by atoms with Crippen LogP contribution in [0.3, 0.4) is 0 Å². The largest absolute Gasteiger partial charge is 0.381 e. The molecule has 27 heavy (non-hydrogen) atoms. The average Bonchev–Trinajstić information content (AvgIpc) is 3.29. The molecule has 2 aliphatic heterocycles. The number of benzene rings is 1. The summed E-state index contributed by atoms with van der Waals surface area (Å²) in [6.45, 7) is 4.68. The number of nitrogens with zero attached hydrogens (tertiary/aromatic N) is 3. The lowest BCUT2D eigenvalue weighted by Gasteiger charge is -2.23. The molecule has 4 rings (SSSR count). The lowest BCUT2D eigenvalue weighted by Crippen LogP contribution is -2.27. The van der Waals surface area contributed by atoms with E-state index in [0.717, 1.165) is 37.4 Å². The minimum atomic E-state index is -0.183. The molecule has 3 amide bonds. The van der Waals surface area contributed by atoms with Crippen LogP contribution in [0.25, 0.3) is 0 Å². The Hall–Kier alpha value is -2.87. The van der Waals surface area contributed by atoms with Gasteiger partial charge in [0.25, 0.3) is 5.91 Å². The Labute approximate surface area is 157 Å². The van der Waals surface area contributed by atoms with Crippen molar-refractivity contribution in [3.8, 4) is 0 Å². The van der Waals surface area contributed by atoms with Gasteiger partial charge in [0.1, 0.15) is 0 Å². The van der Waals surface area contributed by atoms with Crippen molar-refractivity contribution >= 4 is 23.3 Å². The fraction of sp³-hybridized carbons (Fsp3) is 0.421. The maximum absolute atomic E-state index is 12.7. The number of rotatable bonds is 4. The highest BCUT2D eigenvalue weighted by atomic mass is 16.5. The number of carbonyl (C=O) groups excluding carboxylic acids is 2. The molecular weight excluding hydrogens is 346 g/mol. The van der Waals surface area contributed by atoms with E-state index in [0.29, 0.717) is 24.3 Å². The normalized spacial score (nSPS) is 17.8. The van der Waals surface area contributed by atoms with E-state index >= 15 is 0 Å². The zero-order valence-corrected chi connectivity index (χ0v) is 15.3. The molecule has 0 radical (unpaired) electrons. The first-order valence-electron chi connectivity index (χ1n) is 9.22. The van der Waals surface area contributed by atoms with E-state index in [-0.39, 0.29) is 18.0 Å². The van der Waals surface area contributed by atoms with Crippen LogP contribution in [0.5, 0.6) is 0 Å². The molecule has 0 unspecified atom stereocenters. The Morgan fingerprint density at radius 2 is 2.00 bits per heavy atom. The second-order valence-electron chi connectivity index (χ2n) is 6.82. The summed E-state index contributed by atoms with van der Waals surface area (Å²) in [5.41, 5.74) is 2.93. The standard InChI is InChI=1S/C19H23N5O3/c1-13-17(12-21-24(13)16-6-10-27-11-7-16)18(25)22-14-2-4-15(5-3-14)23-9-8-20-19(23)26/h2-5,12,16H,6-11H2,1H3,(H,20,26)(H,22,25). The first-order valence-corrected chi connectivity index (χ1v) is 9.22. The fourth-order valence-corrected chi connectivity index (χ4v) is 3.59. The molecule has 3 heterocycles. The van der Waals surface area contributed by atoms with E-state index in [1.54, 1.807) is 23.2 Å². The van der Waals surface area contributed by atoms with Crippen molar-refractivity contribution in [1.29, 1.82) is 0 Å². The van der Waals surface area contributed by atoms with Gasteiger partial charge in [-0.05, 0) is 44.0 Å². The minimum Gasteiger partial charge on any atom is -0.381 e. The number of nitrogens with one attached hydrogen (secondary N) is 2. The summed E-state index contributed by atoms with van der Waals surface area (Å²) in [6.07, 6.45) is 3.45. The van der Waals surface area contributed by atoms with E-state index in [1.165, 1.54) is 0 Å². The zero-order valence-electron chi connectivity index (χ0n) is 15.3. The molecule has 0 saturated carbocycles. The van der Waals surface area contributed by atoms with Gasteiger partial charge >= 0.3 is 6.03 Å². The summed E-state index contributed by atoms with van der Waals surface area (Å²) in [7, 11) is 0. The smallest absolute Gasteiger partial charge is 0.321 e. The van der Waals surface area contributed by atoms with Gasteiger partial charge in [-0.15, -0.1) is 0 Å². The molecule has 1 aromatic carbocycles. The van der Waals surface area contributed by atoms with Gasteiger partial charge in [-0.25, -0.2) is 4.79 Å². The molecule has 0 spiro atoms. The van der Waals surface area contributed by atoms with Crippen LogP contribution in [-0.4, -0.2) is 48.0 Å². The second kappa shape index (κ2) is 7.40. The number of amides is 3. The van der Waals surface area contributed by atoms with Gasteiger partial charge in [0.2, 0.25) is 0 Å². The van der Waals surface area contributed by atoms with Gasteiger partial charge in [-0.1, -0.05) is 0 Å². The predicted octanol–water partition coefficient (Wildman–Crippen LogP) is 2.32. The Kier molecular flexibility index (Phi) is 4.81. The lowest BCUT2D eigenvalue weighted by atomic mass is 10.1. The van der Waals surface area contributed by atoms with Crippen LogP contribution < -0.4 is 15.5 Å². The van der Waals surface area contributed by atoms with Gasteiger partial charge in [0.05, 0.1) is 17.8 Å². The van der Waals surface area contributed by atoms with Crippen LogP contribution >= 0.6 is 0 Å². The monoisotopic (exact) mass is 369 g/mol. The van der Waals surface area contributed by atoms with Gasteiger partial charge in [0, 0.05) is 43.4 Å². The Bertz CT molecular complexity index is 840. The van der Waals surface area contributed by atoms with E-state index in [1.807, 2.05) is 23.7 Å². The summed E-state index contributed by atoms with van der Waals surface area (Å²) >= 11 is 0. The summed E-state index contributed by atoms with van der Waals surface area (Å²) in [5, 5.41) is 10.1. The maximum atomic E-state index is 12.7. The molecule has 0 atom stereocenters. The van der Waals surface area contributed by atoms with Crippen molar-refractivity contribution in [2.75, 3.05) is 36.5 Å². The van der Waals surface area contributed by atoms with Crippen LogP contribution in [0.2, 0.25) is 0 Å². The van der Waals surface area contributed by atoms with Crippen LogP contribution in [0.15, 0.2) is 30.5 Å². The van der Waals surface area contributed by atoms with E-state index < -0.39 is 0 Å². The van der Waals surface area contributed by atoms with Crippen LogP contribution in [0.1, 0.15) is 34.9 Å². The highest BCUT2D eigenvalue weighted by Crippen LogP contribution is 2.24. The number of carbonyl (C=O) groups is 2. The van der Waals surface area contributed by atoms with Crippen LogP contribution in [0.4, 0.5) is 16.2 Å². The molecular formula is C19H23N5O3. The summed E-state index contributed by atoms with van der Waals surface area (Å²) in [4.78, 5) is 26.1. The molecule has 2 N–H and O–H groups in total. The highest BCUT2D eigenvalue weighted by molar-refractivity contribution is 6.05. The van der Waals surface area contributed by atoms with Gasteiger partial charge in [0.15, 0.2) is 0 Å². The molecule has 2 aliphatic rings. The second-order valence-corrected chi connectivity index (χ2v) is 6.82. The van der Waals surface area contributed by atoms with E-state index in [4.69, 9.17) is 4.74 Å². The number of urea groups is 1. The number of ether oxygens (including phenoxy) is 1. The zero-order chi connectivity index (χ0) is 18.8. The van der Waals surface area contributed by atoms with Crippen molar-refractivity contribution < 1.29 is 14.3 Å². The van der Waals surface area contributed by atoms with Crippen molar-refractivity contribution in [3.63, 3.8) is 0 Å². The molecule has 8 heteroatoms. The summed E-state index contributed by atoms with van der Waals surface area (Å²) in [6, 6.07) is 7.46. The van der Waals surface area contributed by atoms with Crippen LogP contribution in [-0.2, 0) is 4.74 Å². The van der Waals surface area contributed by atoms with Crippen LogP contribution in [0, 0.1) is 6.92 Å². The lowest BCUT2D eigenvalue weighted by molar-refractivity contribution is 0.0656. The van der Waals surface area contributed by atoms with Crippen molar-refractivity contribution in [2.24, 2.45) is 0 Å². The van der Waals surface area contributed by atoms with Crippen molar-refractivity contribution in [3.05, 3.63) is 41.7 Å². The Morgan fingerprint density at radius 1 is 1.26 bits per heavy atom. The third kappa shape index (κ3) is 3.52. The molecule has 2 fully saturated rings. The Morgan fingerprint density at radius 3 is 2.67 bits per heavy atom. The number of anilines is 2. The number of hydrogen-bond donors (Lipinski definition) is 2. The fourth-order valence-electron chi connectivity index (χ4n) is 3.59. The first-order chi connectivity index (χ1) is 13.1. The quantitative estimate of drug-likeness (QED) is 0.866. The molecule has 2 aromatic rings. The van der Waals surface area contributed by atoms with E-state index in [2.05, 4.69) is 15.7 Å². The third-order valence-electron chi connectivity index (χ3n) is 5.12. The number of hydrogen-bond acceptors (Lipinski definition) is 4. The van der Waals surface area contributed by atoms with Gasteiger partial charge in [-0.2, -0.15) is 5.10 Å². The van der Waals surface area contributed by atoms with E-state index in [9.17, 15) is 9.59 Å². The molecule has 142 valence electrons. The molecule has 8 nitrogen and oxygen atoms in total. The number of aromatic nitrogens is 2.